The minimum atomic E-state index is -5.01. The average Bonchev–Trinajstić information content (AvgIpc) is 2.68. The van der Waals surface area contributed by atoms with E-state index in [1.165, 1.54) is 4.90 Å². The lowest BCUT2D eigenvalue weighted by Crippen LogP contribution is -2.39. The van der Waals surface area contributed by atoms with Crippen molar-refractivity contribution in [2.45, 2.75) is 31.1 Å². The number of nitrogens with zero attached hydrogens (tertiary/aromatic N) is 1. The van der Waals surface area contributed by atoms with Crippen molar-refractivity contribution in [2.24, 2.45) is 0 Å². The Bertz CT molecular complexity index is 925. The Labute approximate surface area is 178 Å². The van der Waals surface area contributed by atoms with Crippen molar-refractivity contribution in [3.05, 3.63) is 68.7 Å². The minimum absolute atomic E-state index is 0.00545. The zero-order valence-corrected chi connectivity index (χ0v) is 16.8. The van der Waals surface area contributed by atoms with E-state index < -0.39 is 35.0 Å². The van der Waals surface area contributed by atoms with Crippen LogP contribution in [0, 0.1) is 0 Å². The molecule has 2 nitrogen and oxygen atoms in total. The highest BCUT2D eigenvalue weighted by Gasteiger charge is 2.38. The first-order valence-electron chi connectivity index (χ1n) is 8.90. The van der Waals surface area contributed by atoms with Gasteiger partial charge in [-0.3, -0.25) is 4.79 Å². The van der Waals surface area contributed by atoms with Crippen molar-refractivity contribution in [3.63, 3.8) is 0 Å². The van der Waals surface area contributed by atoms with E-state index in [1.807, 2.05) is 0 Å². The third-order valence-electron chi connectivity index (χ3n) is 4.96. The van der Waals surface area contributed by atoms with Crippen molar-refractivity contribution in [2.75, 3.05) is 13.1 Å². The fourth-order valence-corrected chi connectivity index (χ4v) is 3.77. The van der Waals surface area contributed by atoms with Gasteiger partial charge in [0.05, 0.1) is 21.2 Å². The van der Waals surface area contributed by atoms with Gasteiger partial charge in [-0.25, -0.2) is 0 Å². The molecule has 1 aliphatic rings. The average molecular weight is 470 g/mol. The van der Waals surface area contributed by atoms with Crippen LogP contribution in [0.25, 0.3) is 0 Å². The number of rotatable bonds is 2. The SMILES string of the molecule is O=C(c1cc(C(F)(F)F)cc(C(F)(F)F)c1)N1CCCC(c2ccc(Cl)c(Cl)c2)C1. The summed E-state index contributed by atoms with van der Waals surface area (Å²) in [6.45, 7) is 0.378. The lowest BCUT2D eigenvalue weighted by Gasteiger charge is -2.33. The number of benzene rings is 2. The smallest absolute Gasteiger partial charge is 0.338 e. The maximum atomic E-state index is 13.1. The molecule has 1 amide bonds. The quantitative estimate of drug-likeness (QED) is 0.431. The number of alkyl halides is 6. The maximum Gasteiger partial charge on any atom is 0.416 e. The molecule has 0 bridgehead atoms. The van der Waals surface area contributed by atoms with E-state index >= 15 is 0 Å². The molecule has 1 atom stereocenters. The van der Waals surface area contributed by atoms with E-state index in [1.54, 1.807) is 18.2 Å². The van der Waals surface area contributed by atoms with Gasteiger partial charge in [-0.05, 0) is 48.7 Å². The third kappa shape index (κ3) is 5.03. The van der Waals surface area contributed by atoms with Crippen LogP contribution in [0.4, 0.5) is 26.3 Å². The highest BCUT2D eigenvalue weighted by molar-refractivity contribution is 6.42. The molecule has 3 rings (SSSR count). The van der Waals surface area contributed by atoms with Crippen molar-refractivity contribution in [1.29, 1.82) is 0 Å². The summed E-state index contributed by atoms with van der Waals surface area (Å²) in [6, 6.07) is 5.90. The number of carbonyl (C=O) groups excluding carboxylic acids is 1. The van der Waals surface area contributed by atoms with Gasteiger partial charge in [0.15, 0.2) is 0 Å². The van der Waals surface area contributed by atoms with Gasteiger partial charge in [-0.15, -0.1) is 0 Å². The summed E-state index contributed by atoms with van der Waals surface area (Å²) in [4.78, 5) is 14.1. The van der Waals surface area contributed by atoms with Crippen molar-refractivity contribution < 1.29 is 31.1 Å². The van der Waals surface area contributed by atoms with Crippen LogP contribution >= 0.6 is 23.2 Å². The van der Waals surface area contributed by atoms with Crippen LogP contribution in [0.15, 0.2) is 36.4 Å². The summed E-state index contributed by atoms with van der Waals surface area (Å²) in [5.41, 5.74) is -2.88. The first-order valence-corrected chi connectivity index (χ1v) is 9.65. The lowest BCUT2D eigenvalue weighted by atomic mass is 9.90. The summed E-state index contributed by atoms with van der Waals surface area (Å²) < 4.78 is 78.5. The van der Waals surface area contributed by atoms with E-state index in [2.05, 4.69) is 0 Å². The predicted molar refractivity (Wildman–Crippen MR) is 101 cm³/mol. The zero-order chi connectivity index (χ0) is 22.3. The van der Waals surface area contributed by atoms with Crippen molar-refractivity contribution in [3.8, 4) is 0 Å². The standard InChI is InChI=1S/C20H15Cl2F6NO/c21-16-4-3-11(8-17(16)22)12-2-1-5-29(10-12)18(30)13-6-14(19(23,24)25)9-15(7-13)20(26,27)28/h3-4,6-9,12H,1-2,5,10H2. The summed E-state index contributed by atoms with van der Waals surface area (Å²) in [5, 5.41) is 0.679. The predicted octanol–water partition coefficient (Wildman–Crippen LogP) is 7.05. The fourth-order valence-electron chi connectivity index (χ4n) is 3.46. The molecular formula is C20H15Cl2F6NO. The molecule has 0 radical (unpaired) electrons. The maximum absolute atomic E-state index is 13.1. The number of hydrogen-bond acceptors (Lipinski definition) is 1. The topological polar surface area (TPSA) is 20.3 Å². The van der Waals surface area contributed by atoms with Crippen LogP contribution in [0.5, 0.6) is 0 Å². The summed E-state index contributed by atoms with van der Waals surface area (Å²) in [6.07, 6.45) is -8.79. The second-order valence-corrected chi connectivity index (χ2v) is 7.87. The van der Waals surface area contributed by atoms with Gasteiger partial charge in [0.2, 0.25) is 0 Å². The molecule has 0 aliphatic carbocycles. The molecule has 1 unspecified atom stereocenters. The van der Waals surface area contributed by atoms with E-state index in [0.717, 1.165) is 5.56 Å². The fraction of sp³-hybridized carbons (Fsp3) is 0.350. The van der Waals surface area contributed by atoms with Gasteiger partial charge in [0.1, 0.15) is 0 Å². The van der Waals surface area contributed by atoms with Crippen molar-refractivity contribution >= 4 is 29.1 Å². The van der Waals surface area contributed by atoms with Crippen molar-refractivity contribution in [1.82, 2.24) is 4.90 Å². The van der Waals surface area contributed by atoms with Gasteiger partial charge in [-0.1, -0.05) is 29.3 Å². The normalized spacial score (nSPS) is 17.9. The molecule has 0 saturated carbocycles. The molecule has 1 heterocycles. The number of piperidine rings is 1. The first kappa shape index (κ1) is 22.7. The van der Waals surface area contributed by atoms with E-state index in [9.17, 15) is 31.1 Å². The van der Waals surface area contributed by atoms with Crippen LogP contribution in [0.1, 0.15) is 45.8 Å². The van der Waals surface area contributed by atoms with Crippen LogP contribution in [-0.2, 0) is 12.4 Å². The Morgan fingerprint density at radius 1 is 0.900 bits per heavy atom. The van der Waals surface area contributed by atoms with Gasteiger partial charge in [0, 0.05) is 24.6 Å². The molecular weight excluding hydrogens is 455 g/mol. The van der Waals surface area contributed by atoms with Crippen LogP contribution < -0.4 is 0 Å². The monoisotopic (exact) mass is 469 g/mol. The molecule has 1 fully saturated rings. The number of likely N-dealkylation sites (tertiary alicyclic amines) is 1. The molecule has 1 saturated heterocycles. The Hall–Kier alpha value is -1.93. The lowest BCUT2D eigenvalue weighted by molar-refractivity contribution is -0.143. The zero-order valence-electron chi connectivity index (χ0n) is 15.2. The number of halogens is 8. The third-order valence-corrected chi connectivity index (χ3v) is 5.70. The van der Waals surface area contributed by atoms with E-state index in [0.29, 0.717) is 35.0 Å². The van der Waals surface area contributed by atoms with Gasteiger partial charge < -0.3 is 4.90 Å². The molecule has 2 aromatic rings. The second kappa shape index (κ2) is 8.30. The van der Waals surface area contributed by atoms with E-state index in [4.69, 9.17) is 23.2 Å². The highest BCUT2D eigenvalue weighted by atomic mass is 35.5. The van der Waals surface area contributed by atoms with Gasteiger partial charge >= 0.3 is 12.4 Å². The van der Waals surface area contributed by atoms with Crippen LogP contribution in [-0.4, -0.2) is 23.9 Å². The van der Waals surface area contributed by atoms with Crippen LogP contribution in [0.2, 0.25) is 10.0 Å². The molecule has 10 heteroatoms. The summed E-state index contributed by atoms with van der Waals surface area (Å²) >= 11 is 11.9. The highest BCUT2D eigenvalue weighted by Crippen LogP contribution is 2.37. The Morgan fingerprint density at radius 2 is 1.50 bits per heavy atom. The molecule has 1 aliphatic heterocycles. The minimum Gasteiger partial charge on any atom is -0.338 e. The Kier molecular flexibility index (Phi) is 6.30. The molecule has 2 aromatic carbocycles. The number of hydrogen-bond donors (Lipinski definition) is 0. The molecule has 30 heavy (non-hydrogen) atoms. The second-order valence-electron chi connectivity index (χ2n) is 7.06. The summed E-state index contributed by atoms with van der Waals surface area (Å²) in [5.74, 6) is -1.04. The largest absolute Gasteiger partial charge is 0.416 e. The molecule has 162 valence electrons. The van der Waals surface area contributed by atoms with Gasteiger partial charge in [0.25, 0.3) is 5.91 Å². The van der Waals surface area contributed by atoms with Gasteiger partial charge in [-0.2, -0.15) is 26.3 Å². The van der Waals surface area contributed by atoms with E-state index in [-0.39, 0.29) is 25.1 Å². The van der Waals surface area contributed by atoms with Crippen LogP contribution in [0.3, 0.4) is 0 Å². The molecule has 0 spiro atoms. The molecule has 0 N–H and O–H groups in total. The number of amides is 1. The molecule has 0 aromatic heterocycles. The summed E-state index contributed by atoms with van der Waals surface area (Å²) in [7, 11) is 0. The number of carbonyl (C=O) groups is 1. The Morgan fingerprint density at radius 3 is 2.03 bits per heavy atom. The first-order chi connectivity index (χ1) is 13.9. The Balaban J connectivity index is 1.90.